The summed E-state index contributed by atoms with van der Waals surface area (Å²) in [6, 6.07) is 0. The van der Waals surface area contributed by atoms with Gasteiger partial charge in [-0.15, -0.1) is 0 Å². The van der Waals surface area contributed by atoms with Crippen LogP contribution in [0.2, 0.25) is 0 Å². The number of hydrogen-bond donors (Lipinski definition) is 2. The number of aliphatic hydroxyl groups is 2. The van der Waals surface area contributed by atoms with Gasteiger partial charge in [0.15, 0.2) is 12.2 Å². The van der Waals surface area contributed by atoms with Crippen molar-refractivity contribution >= 4 is 11.8 Å². The van der Waals surface area contributed by atoms with Gasteiger partial charge in [-0.1, -0.05) is 64.7 Å². The topological polar surface area (TPSA) is 77.8 Å². The Morgan fingerprint density at radius 1 is 0.762 bits per heavy atom. The van der Waals surface area contributed by atoms with E-state index in [0.29, 0.717) is 6.54 Å². The first kappa shape index (κ1) is 18.1. The van der Waals surface area contributed by atoms with Crippen molar-refractivity contribution in [3.8, 4) is 0 Å². The van der Waals surface area contributed by atoms with Crippen LogP contribution in [0.15, 0.2) is 0 Å². The lowest BCUT2D eigenvalue weighted by atomic mass is 10.1. The van der Waals surface area contributed by atoms with Crippen molar-refractivity contribution in [2.75, 3.05) is 6.54 Å². The standard InChI is InChI=1S/C16H29NO4/c1-2-3-4-5-6-7-8-9-10-11-12-17-15(20)13(18)14(19)16(17)21/h13-14,18-19H,2-12H2,1H3. The van der Waals surface area contributed by atoms with Gasteiger partial charge in [0.1, 0.15) is 0 Å². The molecule has 5 nitrogen and oxygen atoms in total. The molecule has 2 amide bonds. The smallest absolute Gasteiger partial charge is 0.261 e. The Morgan fingerprint density at radius 2 is 1.14 bits per heavy atom. The van der Waals surface area contributed by atoms with Crippen molar-refractivity contribution in [3.05, 3.63) is 0 Å². The Bertz CT molecular complexity index is 312. The highest BCUT2D eigenvalue weighted by Gasteiger charge is 2.45. The molecule has 1 saturated heterocycles. The van der Waals surface area contributed by atoms with Crippen LogP contribution in [-0.4, -0.2) is 45.7 Å². The Morgan fingerprint density at radius 3 is 1.57 bits per heavy atom. The molecule has 2 atom stereocenters. The predicted octanol–water partition coefficient (Wildman–Crippen LogP) is 2.00. The first-order chi connectivity index (χ1) is 10.1. The molecule has 21 heavy (non-hydrogen) atoms. The Kier molecular flexibility index (Phi) is 8.54. The van der Waals surface area contributed by atoms with Crippen molar-refractivity contribution in [1.29, 1.82) is 0 Å². The van der Waals surface area contributed by atoms with E-state index in [4.69, 9.17) is 0 Å². The second kappa shape index (κ2) is 9.90. The van der Waals surface area contributed by atoms with Crippen LogP contribution < -0.4 is 0 Å². The summed E-state index contributed by atoms with van der Waals surface area (Å²) in [4.78, 5) is 24.0. The van der Waals surface area contributed by atoms with Crippen LogP contribution in [0.4, 0.5) is 0 Å². The van der Waals surface area contributed by atoms with Gasteiger partial charge in [0.05, 0.1) is 0 Å². The van der Waals surface area contributed by atoms with Gasteiger partial charge in [-0.3, -0.25) is 14.5 Å². The van der Waals surface area contributed by atoms with E-state index < -0.39 is 24.0 Å². The van der Waals surface area contributed by atoms with Crippen LogP contribution in [0.5, 0.6) is 0 Å². The van der Waals surface area contributed by atoms with Gasteiger partial charge in [0.2, 0.25) is 0 Å². The summed E-state index contributed by atoms with van der Waals surface area (Å²) in [6.45, 7) is 2.52. The molecule has 1 aliphatic rings. The SMILES string of the molecule is CCCCCCCCCCCCN1C(=O)C(O)C(O)C1=O. The van der Waals surface area contributed by atoms with E-state index in [1.807, 2.05) is 0 Å². The summed E-state index contributed by atoms with van der Waals surface area (Å²) in [5, 5.41) is 18.6. The van der Waals surface area contributed by atoms with Crippen molar-refractivity contribution in [1.82, 2.24) is 4.90 Å². The molecule has 0 aromatic heterocycles. The van der Waals surface area contributed by atoms with Gasteiger partial charge < -0.3 is 10.2 Å². The Labute approximate surface area is 127 Å². The summed E-state index contributed by atoms with van der Waals surface area (Å²) in [6.07, 6.45) is 8.68. The lowest BCUT2D eigenvalue weighted by Crippen LogP contribution is -2.33. The second-order valence-corrected chi connectivity index (χ2v) is 5.90. The lowest BCUT2D eigenvalue weighted by molar-refractivity contribution is -0.141. The number of rotatable bonds is 11. The van der Waals surface area contributed by atoms with E-state index in [-0.39, 0.29) is 0 Å². The van der Waals surface area contributed by atoms with Crippen LogP contribution in [0.25, 0.3) is 0 Å². The molecule has 5 heteroatoms. The summed E-state index contributed by atoms with van der Waals surface area (Å²) in [7, 11) is 0. The zero-order valence-electron chi connectivity index (χ0n) is 13.1. The third-order valence-corrected chi connectivity index (χ3v) is 4.07. The third kappa shape index (κ3) is 5.75. The quantitative estimate of drug-likeness (QED) is 0.452. The molecule has 0 aliphatic carbocycles. The summed E-state index contributed by atoms with van der Waals surface area (Å²) >= 11 is 0. The molecule has 0 aromatic carbocycles. The molecule has 0 bridgehead atoms. The monoisotopic (exact) mass is 299 g/mol. The van der Waals surface area contributed by atoms with E-state index in [2.05, 4.69) is 6.92 Å². The van der Waals surface area contributed by atoms with Crippen LogP contribution >= 0.6 is 0 Å². The average molecular weight is 299 g/mol. The maximum absolute atomic E-state index is 11.5. The van der Waals surface area contributed by atoms with E-state index >= 15 is 0 Å². The first-order valence-electron chi connectivity index (χ1n) is 8.31. The van der Waals surface area contributed by atoms with Crippen LogP contribution in [0.3, 0.4) is 0 Å². The highest BCUT2D eigenvalue weighted by atomic mass is 16.4. The van der Waals surface area contributed by atoms with Gasteiger partial charge in [-0.05, 0) is 6.42 Å². The molecule has 122 valence electrons. The highest BCUT2D eigenvalue weighted by Crippen LogP contribution is 2.16. The molecule has 1 heterocycles. The number of hydrogen-bond acceptors (Lipinski definition) is 4. The number of nitrogens with zero attached hydrogens (tertiary/aromatic N) is 1. The average Bonchev–Trinajstić information content (AvgIpc) is 2.66. The molecular formula is C16H29NO4. The van der Waals surface area contributed by atoms with Gasteiger partial charge in [-0.25, -0.2) is 0 Å². The zero-order valence-corrected chi connectivity index (χ0v) is 13.1. The number of carbonyl (C=O) groups excluding carboxylic acids is 2. The second-order valence-electron chi connectivity index (χ2n) is 5.90. The Hall–Kier alpha value is -0.940. The van der Waals surface area contributed by atoms with Crippen molar-refractivity contribution in [3.63, 3.8) is 0 Å². The number of carbonyl (C=O) groups is 2. The zero-order chi connectivity index (χ0) is 15.7. The molecule has 0 aromatic rings. The Balaban J connectivity index is 2.00. The maximum Gasteiger partial charge on any atom is 0.261 e. The van der Waals surface area contributed by atoms with Crippen molar-refractivity contribution < 1.29 is 19.8 Å². The minimum atomic E-state index is -1.57. The maximum atomic E-state index is 11.5. The molecule has 0 saturated carbocycles. The van der Waals surface area contributed by atoms with Gasteiger partial charge in [0, 0.05) is 6.54 Å². The molecule has 1 rings (SSSR count). The van der Waals surface area contributed by atoms with Gasteiger partial charge >= 0.3 is 0 Å². The first-order valence-corrected chi connectivity index (χ1v) is 8.31. The normalized spacial score (nSPS) is 22.3. The summed E-state index contributed by atoms with van der Waals surface area (Å²) < 4.78 is 0. The molecule has 0 radical (unpaired) electrons. The van der Waals surface area contributed by atoms with Crippen molar-refractivity contribution in [2.45, 2.75) is 83.3 Å². The third-order valence-electron chi connectivity index (χ3n) is 4.07. The number of amides is 2. The fraction of sp³-hybridized carbons (Fsp3) is 0.875. The minimum absolute atomic E-state index is 0.308. The van der Waals surface area contributed by atoms with Gasteiger partial charge in [-0.2, -0.15) is 0 Å². The lowest BCUT2D eigenvalue weighted by Gasteiger charge is -2.13. The molecule has 1 fully saturated rings. The largest absolute Gasteiger partial charge is 0.380 e. The van der Waals surface area contributed by atoms with Crippen LogP contribution in [0.1, 0.15) is 71.1 Å². The van der Waals surface area contributed by atoms with Gasteiger partial charge in [0.25, 0.3) is 11.8 Å². The number of aliphatic hydroxyl groups excluding tert-OH is 2. The summed E-state index contributed by atoms with van der Waals surface area (Å²) in [5.74, 6) is -1.33. The number of imide groups is 1. The molecule has 2 unspecified atom stereocenters. The van der Waals surface area contributed by atoms with E-state index in [9.17, 15) is 19.8 Å². The van der Waals surface area contributed by atoms with E-state index in [0.717, 1.165) is 24.2 Å². The number of unbranched alkanes of at least 4 members (excludes halogenated alkanes) is 9. The molecular weight excluding hydrogens is 270 g/mol. The van der Waals surface area contributed by atoms with Crippen molar-refractivity contribution in [2.24, 2.45) is 0 Å². The molecule has 0 spiro atoms. The fourth-order valence-electron chi connectivity index (χ4n) is 2.68. The number of likely N-dealkylation sites (tertiary alicyclic amines) is 1. The summed E-state index contributed by atoms with van der Waals surface area (Å²) in [5.41, 5.74) is 0. The fourth-order valence-corrected chi connectivity index (χ4v) is 2.68. The van der Waals surface area contributed by atoms with Crippen LogP contribution in [-0.2, 0) is 9.59 Å². The predicted molar refractivity (Wildman–Crippen MR) is 80.6 cm³/mol. The highest BCUT2D eigenvalue weighted by molar-refractivity contribution is 6.07. The minimum Gasteiger partial charge on any atom is -0.380 e. The van der Waals surface area contributed by atoms with E-state index in [1.165, 1.54) is 44.9 Å². The van der Waals surface area contributed by atoms with Crippen LogP contribution in [0, 0.1) is 0 Å². The molecule has 1 aliphatic heterocycles. The van der Waals surface area contributed by atoms with E-state index in [1.54, 1.807) is 0 Å². The molecule has 2 N–H and O–H groups in total.